The van der Waals surface area contributed by atoms with Crippen LogP contribution in [-0.4, -0.2) is 43.9 Å². The molecule has 28 heavy (non-hydrogen) atoms. The van der Waals surface area contributed by atoms with Gasteiger partial charge in [0.1, 0.15) is 5.65 Å². The monoisotopic (exact) mass is 384 g/mol. The summed E-state index contributed by atoms with van der Waals surface area (Å²) in [7, 11) is 0. The molecule has 2 aromatic rings. The second-order valence-corrected chi connectivity index (χ2v) is 9.73. The minimum Gasteiger partial charge on any atom is -0.339 e. The number of amides is 1. The van der Waals surface area contributed by atoms with Gasteiger partial charge in [0, 0.05) is 36.1 Å². The van der Waals surface area contributed by atoms with Crippen LogP contribution in [-0.2, 0) is 11.2 Å². The van der Waals surface area contributed by atoms with E-state index in [9.17, 15) is 4.79 Å². The van der Waals surface area contributed by atoms with E-state index in [2.05, 4.69) is 57.8 Å². The van der Waals surface area contributed by atoms with Crippen LogP contribution >= 0.6 is 0 Å². The van der Waals surface area contributed by atoms with E-state index < -0.39 is 0 Å². The molecule has 1 aliphatic heterocycles. The Kier molecular flexibility index (Phi) is 5.85. The largest absolute Gasteiger partial charge is 0.339 e. The number of carbonyl (C=O) groups excluding carboxylic acids is 1. The third-order valence-electron chi connectivity index (χ3n) is 5.74. The van der Waals surface area contributed by atoms with E-state index in [1.807, 2.05) is 22.9 Å². The van der Waals surface area contributed by atoms with Gasteiger partial charge in [0.2, 0.25) is 5.91 Å². The molecule has 1 fully saturated rings. The molecule has 1 amide bonds. The molecule has 2 aromatic heterocycles. The third kappa shape index (κ3) is 4.75. The number of rotatable bonds is 6. The zero-order valence-corrected chi connectivity index (χ0v) is 18.4. The molecule has 0 atom stereocenters. The highest BCUT2D eigenvalue weighted by Crippen LogP contribution is 2.32. The highest BCUT2D eigenvalue weighted by Gasteiger charge is 2.41. The second-order valence-electron chi connectivity index (χ2n) is 9.73. The van der Waals surface area contributed by atoms with Gasteiger partial charge in [-0.15, -0.1) is 0 Å². The van der Waals surface area contributed by atoms with Crippen molar-refractivity contribution in [2.45, 2.75) is 90.8 Å². The first-order chi connectivity index (χ1) is 13.1. The van der Waals surface area contributed by atoms with Crippen LogP contribution in [0.25, 0.3) is 5.65 Å². The number of aromatic nitrogens is 2. The minimum atomic E-state index is 0.0252. The summed E-state index contributed by atoms with van der Waals surface area (Å²) < 4.78 is 2.02. The first-order valence-corrected chi connectivity index (χ1v) is 10.6. The van der Waals surface area contributed by atoms with Gasteiger partial charge in [-0.3, -0.25) is 4.79 Å². The molecule has 3 rings (SSSR count). The van der Waals surface area contributed by atoms with E-state index in [1.54, 1.807) is 0 Å². The molecule has 0 spiro atoms. The standard InChI is InChI=1S/C23H36N4O/c1-7-8-12-27(19-14-22(3,4)25-23(5,6)15-19)20(28)13-18-16-26-11-9-10-17(2)21(26)24-18/h9-11,16,19,25H,7-8,12-15H2,1-6H3. The predicted octanol–water partition coefficient (Wildman–Crippen LogP) is 4.12. The van der Waals surface area contributed by atoms with Gasteiger partial charge in [-0.25, -0.2) is 4.98 Å². The summed E-state index contributed by atoms with van der Waals surface area (Å²) in [5.74, 6) is 0.202. The number of hydrogen-bond donors (Lipinski definition) is 1. The Bertz CT molecular complexity index is 820. The fraction of sp³-hybridized carbons (Fsp3) is 0.652. The number of nitrogens with zero attached hydrogens (tertiary/aromatic N) is 3. The molecule has 0 unspecified atom stereocenters. The molecule has 0 aromatic carbocycles. The Morgan fingerprint density at radius 3 is 2.57 bits per heavy atom. The highest BCUT2D eigenvalue weighted by molar-refractivity contribution is 5.79. The molecular weight excluding hydrogens is 348 g/mol. The smallest absolute Gasteiger partial charge is 0.228 e. The Balaban J connectivity index is 1.81. The first-order valence-electron chi connectivity index (χ1n) is 10.6. The maximum absolute atomic E-state index is 13.4. The van der Waals surface area contributed by atoms with Crippen LogP contribution < -0.4 is 5.32 Å². The SMILES string of the molecule is CCCCN(C(=O)Cc1cn2cccc(C)c2n1)C1CC(C)(C)NC(C)(C)C1. The van der Waals surface area contributed by atoms with Crippen molar-refractivity contribution in [3.8, 4) is 0 Å². The minimum absolute atomic E-state index is 0.0252. The zero-order chi connectivity index (χ0) is 20.5. The lowest BCUT2D eigenvalue weighted by Crippen LogP contribution is -2.63. The van der Waals surface area contributed by atoms with E-state index in [0.717, 1.165) is 49.1 Å². The quantitative estimate of drug-likeness (QED) is 0.815. The molecule has 1 saturated heterocycles. The molecule has 154 valence electrons. The summed E-state index contributed by atoms with van der Waals surface area (Å²) in [6, 6.07) is 4.34. The summed E-state index contributed by atoms with van der Waals surface area (Å²) in [6.07, 6.45) is 8.46. The van der Waals surface area contributed by atoms with Crippen LogP contribution in [0.1, 0.15) is 71.6 Å². The number of imidazole rings is 1. The highest BCUT2D eigenvalue weighted by atomic mass is 16.2. The average Bonchev–Trinajstić information content (AvgIpc) is 2.96. The van der Waals surface area contributed by atoms with E-state index >= 15 is 0 Å². The lowest BCUT2D eigenvalue weighted by Gasteiger charge is -2.49. The molecule has 5 heteroatoms. The maximum atomic E-state index is 13.4. The van der Waals surface area contributed by atoms with Crippen molar-refractivity contribution >= 4 is 11.6 Å². The number of pyridine rings is 1. The van der Waals surface area contributed by atoms with E-state index in [4.69, 9.17) is 4.98 Å². The second kappa shape index (κ2) is 7.86. The summed E-state index contributed by atoms with van der Waals surface area (Å²) >= 11 is 0. The van der Waals surface area contributed by atoms with Gasteiger partial charge in [0.05, 0.1) is 12.1 Å². The molecule has 0 saturated carbocycles. The number of hydrogen-bond acceptors (Lipinski definition) is 3. The number of carbonyl (C=O) groups is 1. The van der Waals surface area contributed by atoms with E-state index in [1.165, 1.54) is 0 Å². The van der Waals surface area contributed by atoms with Gasteiger partial charge >= 0.3 is 0 Å². The fourth-order valence-corrected chi connectivity index (χ4v) is 4.87. The number of aryl methyl sites for hydroxylation is 1. The van der Waals surface area contributed by atoms with Crippen molar-refractivity contribution in [2.24, 2.45) is 0 Å². The summed E-state index contributed by atoms with van der Waals surface area (Å²) in [4.78, 5) is 20.2. The molecule has 5 nitrogen and oxygen atoms in total. The molecule has 3 heterocycles. The normalized spacial score (nSPS) is 19.1. The number of fused-ring (bicyclic) bond motifs is 1. The van der Waals surface area contributed by atoms with Gasteiger partial charge in [0.25, 0.3) is 0 Å². The molecule has 0 bridgehead atoms. The number of piperidine rings is 1. The number of nitrogens with one attached hydrogen (secondary N) is 1. The van der Waals surface area contributed by atoms with Crippen molar-refractivity contribution in [2.75, 3.05) is 6.54 Å². The molecule has 0 aliphatic carbocycles. The first kappa shape index (κ1) is 20.8. The van der Waals surface area contributed by atoms with Crippen LogP contribution in [0.4, 0.5) is 0 Å². The zero-order valence-electron chi connectivity index (χ0n) is 18.4. The van der Waals surface area contributed by atoms with Crippen molar-refractivity contribution < 1.29 is 4.79 Å². The van der Waals surface area contributed by atoms with Gasteiger partial charge < -0.3 is 14.6 Å². The molecule has 1 aliphatic rings. The van der Waals surface area contributed by atoms with Crippen LogP contribution in [0.3, 0.4) is 0 Å². The average molecular weight is 385 g/mol. The summed E-state index contributed by atoms with van der Waals surface area (Å²) in [6.45, 7) is 14.0. The molecule has 1 N–H and O–H groups in total. The van der Waals surface area contributed by atoms with E-state index in [0.29, 0.717) is 6.42 Å². The Labute approximate surface area is 169 Å². The maximum Gasteiger partial charge on any atom is 0.228 e. The summed E-state index contributed by atoms with van der Waals surface area (Å²) in [5.41, 5.74) is 2.98. The lowest BCUT2D eigenvalue weighted by atomic mass is 9.79. The Hall–Kier alpha value is -1.88. The Morgan fingerprint density at radius 1 is 1.29 bits per heavy atom. The van der Waals surface area contributed by atoms with Crippen LogP contribution in [0.5, 0.6) is 0 Å². The van der Waals surface area contributed by atoms with Crippen molar-refractivity contribution in [1.29, 1.82) is 0 Å². The predicted molar refractivity (Wildman–Crippen MR) is 115 cm³/mol. The Morgan fingerprint density at radius 2 is 1.96 bits per heavy atom. The van der Waals surface area contributed by atoms with Gasteiger partial charge in [0.15, 0.2) is 0 Å². The van der Waals surface area contributed by atoms with Crippen LogP contribution in [0.2, 0.25) is 0 Å². The fourth-order valence-electron chi connectivity index (χ4n) is 4.87. The van der Waals surface area contributed by atoms with Crippen molar-refractivity contribution in [1.82, 2.24) is 19.6 Å². The molecular formula is C23H36N4O. The van der Waals surface area contributed by atoms with Gasteiger partial charge in [-0.05, 0) is 65.5 Å². The topological polar surface area (TPSA) is 49.6 Å². The lowest BCUT2D eigenvalue weighted by molar-refractivity contribution is -0.134. The van der Waals surface area contributed by atoms with Crippen LogP contribution in [0.15, 0.2) is 24.5 Å². The molecule has 0 radical (unpaired) electrons. The van der Waals surface area contributed by atoms with Crippen molar-refractivity contribution in [3.05, 3.63) is 35.8 Å². The van der Waals surface area contributed by atoms with Gasteiger partial charge in [-0.1, -0.05) is 19.4 Å². The van der Waals surface area contributed by atoms with Crippen LogP contribution in [0, 0.1) is 6.92 Å². The van der Waals surface area contributed by atoms with E-state index in [-0.39, 0.29) is 23.0 Å². The number of unbranched alkanes of at least 4 members (excludes halogenated alkanes) is 1. The summed E-state index contributed by atoms with van der Waals surface area (Å²) in [5, 5.41) is 3.73. The third-order valence-corrected chi connectivity index (χ3v) is 5.74. The van der Waals surface area contributed by atoms with Crippen molar-refractivity contribution in [3.63, 3.8) is 0 Å². The van der Waals surface area contributed by atoms with Gasteiger partial charge in [-0.2, -0.15) is 0 Å².